The van der Waals surface area contributed by atoms with Gasteiger partial charge in [-0.15, -0.1) is 5.06 Å². The van der Waals surface area contributed by atoms with Gasteiger partial charge in [-0.1, -0.05) is 13.8 Å². The van der Waals surface area contributed by atoms with E-state index in [1.807, 2.05) is 5.06 Å². The lowest BCUT2D eigenvalue weighted by Crippen LogP contribution is -2.64. The summed E-state index contributed by atoms with van der Waals surface area (Å²) in [4.78, 5) is 28.2. The largest absolute Gasteiger partial charge is 0.462 e. The van der Waals surface area contributed by atoms with Crippen LogP contribution in [0.5, 0.6) is 0 Å². The standard InChI is InChI=1S/C15H27NO4/c1-7-14(5)9-13(19-11(3)17)10-15(6,8-2)16(14)20-12(4)18/h13H,7-10H2,1-6H3. The number of hydroxylamine groups is 2. The molecule has 0 aliphatic carbocycles. The molecular formula is C15H27NO4. The first-order valence-corrected chi connectivity index (χ1v) is 7.33. The fraction of sp³-hybridized carbons (Fsp3) is 0.867. The van der Waals surface area contributed by atoms with Crippen LogP contribution in [0.25, 0.3) is 0 Å². The first kappa shape index (κ1) is 17.0. The smallest absolute Gasteiger partial charge is 0.322 e. The highest BCUT2D eigenvalue weighted by atomic mass is 16.7. The van der Waals surface area contributed by atoms with Gasteiger partial charge in [-0.05, 0) is 26.7 Å². The van der Waals surface area contributed by atoms with Crippen LogP contribution in [-0.4, -0.2) is 34.2 Å². The minimum Gasteiger partial charge on any atom is -0.462 e. The Hall–Kier alpha value is -1.10. The van der Waals surface area contributed by atoms with Crippen molar-refractivity contribution in [3.8, 4) is 0 Å². The van der Waals surface area contributed by atoms with Crippen molar-refractivity contribution < 1.29 is 19.2 Å². The fourth-order valence-electron chi connectivity index (χ4n) is 3.11. The van der Waals surface area contributed by atoms with E-state index in [2.05, 4.69) is 27.7 Å². The highest BCUT2D eigenvalue weighted by molar-refractivity contribution is 5.66. The van der Waals surface area contributed by atoms with E-state index in [1.54, 1.807) is 0 Å². The Morgan fingerprint density at radius 3 is 1.80 bits per heavy atom. The zero-order valence-corrected chi connectivity index (χ0v) is 13.5. The van der Waals surface area contributed by atoms with Crippen molar-refractivity contribution in [3.05, 3.63) is 0 Å². The van der Waals surface area contributed by atoms with Crippen molar-refractivity contribution in [2.75, 3.05) is 0 Å². The number of nitrogens with zero attached hydrogens (tertiary/aromatic N) is 1. The molecule has 0 spiro atoms. The van der Waals surface area contributed by atoms with E-state index < -0.39 is 0 Å². The number of ether oxygens (including phenoxy) is 1. The van der Waals surface area contributed by atoms with E-state index in [-0.39, 0.29) is 29.1 Å². The third-order valence-corrected chi connectivity index (χ3v) is 4.39. The maximum absolute atomic E-state index is 11.4. The summed E-state index contributed by atoms with van der Waals surface area (Å²) in [5.41, 5.74) is -0.649. The van der Waals surface area contributed by atoms with Crippen LogP contribution in [-0.2, 0) is 19.2 Å². The Morgan fingerprint density at radius 1 is 1.05 bits per heavy atom. The molecule has 0 N–H and O–H groups in total. The molecule has 0 aromatic heterocycles. The lowest BCUT2D eigenvalue weighted by molar-refractivity contribution is -0.285. The second-order valence-electron chi connectivity index (χ2n) is 6.22. The van der Waals surface area contributed by atoms with Crippen molar-refractivity contribution in [2.45, 2.75) is 84.4 Å². The summed E-state index contributed by atoms with van der Waals surface area (Å²) in [7, 11) is 0. The van der Waals surface area contributed by atoms with Crippen LogP contribution in [0.1, 0.15) is 67.2 Å². The van der Waals surface area contributed by atoms with Crippen LogP contribution in [0.2, 0.25) is 0 Å². The predicted molar refractivity (Wildman–Crippen MR) is 75.8 cm³/mol. The summed E-state index contributed by atoms with van der Waals surface area (Å²) in [5.74, 6) is -0.567. The SMILES string of the molecule is CCC1(C)CC(OC(C)=O)CC(C)(CC)N1OC(C)=O. The zero-order chi connectivity index (χ0) is 15.6. The van der Waals surface area contributed by atoms with Gasteiger partial charge in [0, 0.05) is 26.7 Å². The lowest BCUT2D eigenvalue weighted by atomic mass is 9.76. The van der Waals surface area contributed by atoms with Gasteiger partial charge in [-0.3, -0.25) is 9.59 Å². The van der Waals surface area contributed by atoms with Gasteiger partial charge < -0.3 is 9.57 Å². The molecule has 2 unspecified atom stereocenters. The van der Waals surface area contributed by atoms with Gasteiger partial charge in [0.25, 0.3) is 0 Å². The summed E-state index contributed by atoms with van der Waals surface area (Å²) < 4.78 is 5.43. The molecule has 1 aliphatic rings. The third-order valence-electron chi connectivity index (χ3n) is 4.39. The van der Waals surface area contributed by atoms with Crippen molar-refractivity contribution in [3.63, 3.8) is 0 Å². The Kier molecular flexibility index (Phi) is 5.19. The minimum absolute atomic E-state index is 0.130. The molecule has 20 heavy (non-hydrogen) atoms. The van der Waals surface area contributed by atoms with Crippen molar-refractivity contribution in [1.29, 1.82) is 0 Å². The van der Waals surface area contributed by atoms with Gasteiger partial charge in [-0.25, -0.2) is 0 Å². The Bertz CT molecular complexity index is 364. The van der Waals surface area contributed by atoms with Crippen LogP contribution in [0.4, 0.5) is 0 Å². The molecule has 1 rings (SSSR count). The zero-order valence-electron chi connectivity index (χ0n) is 13.5. The monoisotopic (exact) mass is 285 g/mol. The number of piperidine rings is 1. The highest BCUT2D eigenvalue weighted by Crippen LogP contribution is 2.43. The summed E-state index contributed by atoms with van der Waals surface area (Å²) in [6, 6.07) is 0. The Balaban J connectivity index is 3.08. The quantitative estimate of drug-likeness (QED) is 0.743. The average molecular weight is 285 g/mol. The van der Waals surface area contributed by atoms with Crippen LogP contribution in [0.3, 0.4) is 0 Å². The van der Waals surface area contributed by atoms with Gasteiger partial charge in [0.05, 0.1) is 11.1 Å². The normalized spacial score (nSPS) is 34.6. The second kappa shape index (κ2) is 6.12. The minimum atomic E-state index is -0.325. The van der Waals surface area contributed by atoms with Crippen LogP contribution in [0, 0.1) is 0 Å². The van der Waals surface area contributed by atoms with E-state index in [0.717, 1.165) is 12.8 Å². The number of rotatable bonds is 4. The molecule has 0 aromatic carbocycles. The summed E-state index contributed by atoms with van der Waals surface area (Å²) in [5, 5.41) is 1.84. The molecule has 2 atom stereocenters. The summed E-state index contributed by atoms with van der Waals surface area (Å²) in [6.07, 6.45) is 2.84. The van der Waals surface area contributed by atoms with Gasteiger partial charge >= 0.3 is 11.9 Å². The molecule has 1 saturated heterocycles. The number of hydrogen-bond acceptors (Lipinski definition) is 5. The van der Waals surface area contributed by atoms with Crippen molar-refractivity contribution >= 4 is 11.9 Å². The first-order valence-electron chi connectivity index (χ1n) is 7.33. The molecule has 1 fully saturated rings. The molecule has 5 nitrogen and oxygen atoms in total. The molecule has 1 heterocycles. The lowest BCUT2D eigenvalue weighted by Gasteiger charge is -2.54. The molecular weight excluding hydrogens is 258 g/mol. The van der Waals surface area contributed by atoms with Crippen LogP contribution in [0.15, 0.2) is 0 Å². The Morgan fingerprint density at radius 2 is 1.50 bits per heavy atom. The van der Waals surface area contributed by atoms with E-state index in [1.165, 1.54) is 13.8 Å². The third kappa shape index (κ3) is 3.51. The summed E-state index contributed by atoms with van der Waals surface area (Å²) in [6.45, 7) is 11.1. The predicted octanol–water partition coefficient (Wildman–Crippen LogP) is 2.83. The van der Waals surface area contributed by atoms with E-state index in [0.29, 0.717) is 12.8 Å². The maximum atomic E-state index is 11.4. The number of hydrogen-bond donors (Lipinski definition) is 0. The van der Waals surface area contributed by atoms with Gasteiger partial charge in [-0.2, -0.15) is 0 Å². The Labute approximate surface area is 121 Å². The number of carbonyl (C=O) groups excluding carboxylic acids is 2. The maximum Gasteiger partial charge on any atom is 0.322 e. The molecule has 116 valence electrons. The average Bonchev–Trinajstić information content (AvgIpc) is 2.33. The van der Waals surface area contributed by atoms with Crippen molar-refractivity contribution in [2.24, 2.45) is 0 Å². The number of carbonyl (C=O) groups is 2. The van der Waals surface area contributed by atoms with E-state index >= 15 is 0 Å². The van der Waals surface area contributed by atoms with Crippen LogP contribution < -0.4 is 0 Å². The van der Waals surface area contributed by atoms with E-state index in [4.69, 9.17) is 9.57 Å². The molecule has 0 bridgehead atoms. The fourth-order valence-corrected chi connectivity index (χ4v) is 3.11. The molecule has 0 saturated carbocycles. The van der Waals surface area contributed by atoms with Gasteiger partial charge in [0.1, 0.15) is 6.10 Å². The molecule has 0 aromatic rings. The van der Waals surface area contributed by atoms with Crippen LogP contribution >= 0.6 is 0 Å². The number of esters is 1. The molecule has 0 radical (unpaired) electrons. The molecule has 5 heteroatoms. The second-order valence-corrected chi connectivity index (χ2v) is 6.22. The molecule has 1 aliphatic heterocycles. The topological polar surface area (TPSA) is 55.8 Å². The molecule has 0 amide bonds. The van der Waals surface area contributed by atoms with E-state index in [9.17, 15) is 9.59 Å². The summed E-state index contributed by atoms with van der Waals surface area (Å²) >= 11 is 0. The highest BCUT2D eigenvalue weighted by Gasteiger charge is 2.51. The van der Waals surface area contributed by atoms with Gasteiger partial charge in [0.15, 0.2) is 0 Å². The van der Waals surface area contributed by atoms with Crippen molar-refractivity contribution in [1.82, 2.24) is 5.06 Å². The van der Waals surface area contributed by atoms with Gasteiger partial charge in [0.2, 0.25) is 0 Å². The first-order chi connectivity index (χ1) is 9.16.